The number of hydrogen-bond donors (Lipinski definition) is 2. The molecular formula is C13H19N3O4. The number of aliphatic carboxylic acids is 1. The summed E-state index contributed by atoms with van der Waals surface area (Å²) in [4.78, 5) is 24.9. The number of aromatic nitrogens is 1. The van der Waals surface area contributed by atoms with Crippen LogP contribution in [0.5, 0.6) is 0 Å². The Bertz CT molecular complexity index is 513. The predicted molar refractivity (Wildman–Crippen MR) is 70.0 cm³/mol. The van der Waals surface area contributed by atoms with Gasteiger partial charge in [0.25, 0.3) is 0 Å². The smallest absolute Gasteiger partial charge is 0.317 e. The minimum absolute atomic E-state index is 0.250. The number of carbonyl (C=O) groups is 2. The van der Waals surface area contributed by atoms with Crippen LogP contribution >= 0.6 is 0 Å². The van der Waals surface area contributed by atoms with Gasteiger partial charge in [-0.15, -0.1) is 0 Å². The Kier molecular flexibility index (Phi) is 3.96. The number of aryl methyl sites for hydroxylation is 1. The van der Waals surface area contributed by atoms with Crippen LogP contribution in [0.4, 0.5) is 4.79 Å². The summed E-state index contributed by atoms with van der Waals surface area (Å²) in [6, 6.07) is 1.48. The van der Waals surface area contributed by atoms with Crippen molar-refractivity contribution in [3.05, 3.63) is 17.5 Å². The molecule has 2 amide bonds. The van der Waals surface area contributed by atoms with E-state index in [2.05, 4.69) is 10.5 Å². The largest absolute Gasteiger partial charge is 0.481 e. The molecule has 1 fully saturated rings. The number of hydrogen-bond acceptors (Lipinski definition) is 4. The van der Waals surface area contributed by atoms with Gasteiger partial charge in [0.15, 0.2) is 5.76 Å². The summed E-state index contributed by atoms with van der Waals surface area (Å²) < 4.78 is 5.00. The van der Waals surface area contributed by atoms with E-state index in [0.717, 1.165) is 5.69 Å². The van der Waals surface area contributed by atoms with Gasteiger partial charge in [-0.25, -0.2) is 4.79 Å². The molecule has 0 radical (unpaired) electrons. The molecule has 1 aromatic heterocycles. The van der Waals surface area contributed by atoms with Crippen LogP contribution in [0.1, 0.15) is 31.2 Å². The zero-order chi connectivity index (χ0) is 14.8. The van der Waals surface area contributed by atoms with E-state index in [0.29, 0.717) is 25.1 Å². The van der Waals surface area contributed by atoms with E-state index >= 15 is 0 Å². The Hall–Kier alpha value is -2.05. The van der Waals surface area contributed by atoms with Crippen molar-refractivity contribution in [1.82, 2.24) is 15.4 Å². The first kappa shape index (κ1) is 14.4. The van der Waals surface area contributed by atoms with Gasteiger partial charge in [0.2, 0.25) is 0 Å². The van der Waals surface area contributed by atoms with Gasteiger partial charge in [0, 0.05) is 19.2 Å². The standard InChI is InChI=1S/C13H19N3O4/c1-3-13(11(17)18)4-5-16(8-13)12(19)14-7-10-6-9(2)15-20-10/h6H,3-5,7-8H2,1-2H3,(H,14,19)(H,17,18). The normalized spacial score (nSPS) is 22.0. The highest BCUT2D eigenvalue weighted by Gasteiger charge is 2.44. The van der Waals surface area contributed by atoms with Gasteiger partial charge in [-0.1, -0.05) is 12.1 Å². The van der Waals surface area contributed by atoms with Crippen LogP contribution in [0, 0.1) is 12.3 Å². The molecule has 7 nitrogen and oxygen atoms in total. The van der Waals surface area contributed by atoms with Crippen LogP contribution in [0.3, 0.4) is 0 Å². The molecule has 2 N–H and O–H groups in total. The van der Waals surface area contributed by atoms with Gasteiger partial charge in [-0.3, -0.25) is 4.79 Å². The number of nitrogens with zero attached hydrogens (tertiary/aromatic N) is 2. The number of carbonyl (C=O) groups excluding carboxylic acids is 1. The van der Waals surface area contributed by atoms with Crippen LogP contribution in [0.15, 0.2) is 10.6 Å². The molecule has 1 saturated heterocycles. The topological polar surface area (TPSA) is 95.7 Å². The third-order valence-electron chi connectivity index (χ3n) is 3.86. The fourth-order valence-corrected chi connectivity index (χ4v) is 2.43. The Balaban J connectivity index is 1.90. The molecule has 1 unspecified atom stereocenters. The molecule has 1 atom stereocenters. The first-order chi connectivity index (χ1) is 9.47. The number of urea groups is 1. The molecule has 0 bridgehead atoms. The number of carboxylic acid groups (broad SMARTS) is 1. The SMILES string of the molecule is CCC1(C(=O)O)CCN(C(=O)NCc2cc(C)no2)C1. The first-order valence-corrected chi connectivity index (χ1v) is 6.65. The van der Waals surface area contributed by atoms with Gasteiger partial charge >= 0.3 is 12.0 Å². The van der Waals surface area contributed by atoms with E-state index in [1.54, 1.807) is 17.9 Å². The monoisotopic (exact) mass is 281 g/mol. The Morgan fingerprint density at radius 1 is 1.60 bits per heavy atom. The Morgan fingerprint density at radius 3 is 2.85 bits per heavy atom. The molecule has 2 rings (SSSR count). The van der Waals surface area contributed by atoms with Gasteiger partial charge in [-0.05, 0) is 19.8 Å². The van der Waals surface area contributed by atoms with Crippen LogP contribution < -0.4 is 5.32 Å². The maximum absolute atomic E-state index is 12.0. The van der Waals surface area contributed by atoms with E-state index in [9.17, 15) is 14.7 Å². The molecule has 2 heterocycles. The lowest BCUT2D eigenvalue weighted by Gasteiger charge is -2.23. The molecular weight excluding hydrogens is 262 g/mol. The lowest BCUT2D eigenvalue weighted by molar-refractivity contribution is -0.148. The first-order valence-electron chi connectivity index (χ1n) is 6.65. The molecule has 1 aliphatic rings. The Morgan fingerprint density at radius 2 is 2.35 bits per heavy atom. The van der Waals surface area contributed by atoms with Gasteiger partial charge in [0.05, 0.1) is 17.7 Å². The number of nitrogens with one attached hydrogen (secondary N) is 1. The molecule has 20 heavy (non-hydrogen) atoms. The third-order valence-corrected chi connectivity index (χ3v) is 3.86. The van der Waals surface area contributed by atoms with Crippen molar-refractivity contribution in [3.8, 4) is 0 Å². The summed E-state index contributed by atoms with van der Waals surface area (Å²) >= 11 is 0. The molecule has 7 heteroatoms. The molecule has 0 aliphatic carbocycles. The van der Waals surface area contributed by atoms with Crippen molar-refractivity contribution in [2.75, 3.05) is 13.1 Å². The maximum atomic E-state index is 12.0. The van der Waals surface area contributed by atoms with Crippen LogP contribution in [0.2, 0.25) is 0 Å². The summed E-state index contributed by atoms with van der Waals surface area (Å²) in [5, 5.41) is 15.7. The van der Waals surface area contributed by atoms with Crippen molar-refractivity contribution in [1.29, 1.82) is 0 Å². The van der Waals surface area contributed by atoms with E-state index in [1.807, 2.05) is 6.92 Å². The quantitative estimate of drug-likeness (QED) is 0.869. The zero-order valence-electron chi connectivity index (χ0n) is 11.7. The molecule has 0 spiro atoms. The van der Waals surface area contributed by atoms with Gasteiger partial charge in [-0.2, -0.15) is 0 Å². The Labute approximate surface area is 116 Å². The highest BCUT2D eigenvalue weighted by atomic mass is 16.5. The van der Waals surface area contributed by atoms with Crippen molar-refractivity contribution in [2.45, 2.75) is 33.2 Å². The predicted octanol–water partition coefficient (Wildman–Crippen LogP) is 1.38. The minimum Gasteiger partial charge on any atom is -0.481 e. The van der Waals surface area contributed by atoms with E-state index < -0.39 is 11.4 Å². The summed E-state index contributed by atoms with van der Waals surface area (Å²) in [5.74, 6) is -0.254. The van der Waals surface area contributed by atoms with Crippen LogP contribution in [-0.4, -0.2) is 40.3 Å². The molecule has 110 valence electrons. The second-order valence-electron chi connectivity index (χ2n) is 5.20. The number of carboxylic acids is 1. The summed E-state index contributed by atoms with van der Waals surface area (Å²) in [5.41, 5.74) is -0.0496. The fourth-order valence-electron chi connectivity index (χ4n) is 2.43. The van der Waals surface area contributed by atoms with E-state index in [1.165, 1.54) is 0 Å². The van der Waals surface area contributed by atoms with E-state index in [4.69, 9.17) is 4.52 Å². The highest BCUT2D eigenvalue weighted by molar-refractivity contribution is 5.79. The molecule has 1 aromatic rings. The maximum Gasteiger partial charge on any atom is 0.317 e. The lowest BCUT2D eigenvalue weighted by Crippen LogP contribution is -2.41. The van der Waals surface area contributed by atoms with Gasteiger partial charge in [0.1, 0.15) is 0 Å². The highest BCUT2D eigenvalue weighted by Crippen LogP contribution is 2.34. The lowest BCUT2D eigenvalue weighted by atomic mass is 9.84. The molecule has 0 aromatic carbocycles. The van der Waals surface area contributed by atoms with Crippen molar-refractivity contribution in [2.24, 2.45) is 5.41 Å². The van der Waals surface area contributed by atoms with Crippen molar-refractivity contribution in [3.63, 3.8) is 0 Å². The summed E-state index contributed by atoms with van der Waals surface area (Å²) in [6.07, 6.45) is 1.01. The second-order valence-corrected chi connectivity index (χ2v) is 5.20. The molecule has 0 saturated carbocycles. The number of amides is 2. The summed E-state index contributed by atoms with van der Waals surface area (Å²) in [6.45, 7) is 4.61. The minimum atomic E-state index is -0.832. The van der Waals surface area contributed by atoms with Crippen LogP contribution in [0.25, 0.3) is 0 Å². The van der Waals surface area contributed by atoms with E-state index in [-0.39, 0.29) is 19.1 Å². The number of rotatable bonds is 4. The zero-order valence-corrected chi connectivity index (χ0v) is 11.7. The van der Waals surface area contributed by atoms with Crippen LogP contribution in [-0.2, 0) is 11.3 Å². The average Bonchev–Trinajstić information content (AvgIpc) is 3.03. The molecule has 1 aliphatic heterocycles. The average molecular weight is 281 g/mol. The van der Waals surface area contributed by atoms with Crippen molar-refractivity contribution < 1.29 is 19.2 Å². The fraction of sp³-hybridized carbons (Fsp3) is 0.615. The third kappa shape index (κ3) is 2.76. The second kappa shape index (κ2) is 5.52. The van der Waals surface area contributed by atoms with Crippen molar-refractivity contribution >= 4 is 12.0 Å². The summed E-state index contributed by atoms with van der Waals surface area (Å²) in [7, 11) is 0. The van der Waals surface area contributed by atoms with Gasteiger partial charge < -0.3 is 19.8 Å². The number of likely N-dealkylation sites (tertiary alicyclic amines) is 1.